The van der Waals surface area contributed by atoms with Crippen molar-refractivity contribution in [2.75, 3.05) is 19.5 Å². The maximum atomic E-state index is 13.0. The predicted molar refractivity (Wildman–Crippen MR) is 109 cm³/mol. The minimum absolute atomic E-state index is 0.332. The van der Waals surface area contributed by atoms with Crippen LogP contribution < -0.4 is 14.8 Å². The Morgan fingerprint density at radius 1 is 0.828 bits per heavy atom. The number of carbonyl (C=O) groups excluding carboxylic acids is 2. The average Bonchev–Trinajstić information content (AvgIpc) is 2.78. The largest absolute Gasteiger partial charge is 0.497 e. The molecule has 0 heterocycles. The lowest BCUT2D eigenvalue weighted by atomic mass is 10.1. The molecule has 0 radical (unpaired) electrons. The summed E-state index contributed by atoms with van der Waals surface area (Å²) in [6, 6.07) is 22.7. The number of esters is 1. The number of ether oxygens (including phenoxy) is 3. The van der Waals surface area contributed by atoms with Gasteiger partial charge in [0.1, 0.15) is 11.5 Å². The molecule has 1 N–H and O–H groups in total. The molecule has 0 spiro atoms. The Bertz CT molecular complexity index is 970. The first-order chi connectivity index (χ1) is 14.1. The fourth-order valence-electron chi connectivity index (χ4n) is 2.73. The van der Waals surface area contributed by atoms with Crippen LogP contribution in [0, 0.1) is 0 Å². The van der Waals surface area contributed by atoms with E-state index in [1.165, 1.54) is 7.11 Å². The maximum Gasteiger partial charge on any atom is 0.337 e. The number of hydrogen-bond acceptors (Lipinski definition) is 5. The van der Waals surface area contributed by atoms with Gasteiger partial charge >= 0.3 is 5.97 Å². The number of rotatable bonds is 7. The summed E-state index contributed by atoms with van der Waals surface area (Å²) < 4.78 is 15.9. The number of anilines is 1. The van der Waals surface area contributed by atoms with Crippen LogP contribution >= 0.6 is 0 Å². The summed E-state index contributed by atoms with van der Waals surface area (Å²) in [6.45, 7) is 0. The molecule has 0 saturated carbocycles. The van der Waals surface area contributed by atoms with Crippen molar-refractivity contribution in [2.45, 2.75) is 6.10 Å². The smallest absolute Gasteiger partial charge is 0.337 e. The molecule has 29 heavy (non-hydrogen) atoms. The van der Waals surface area contributed by atoms with E-state index < -0.39 is 12.1 Å². The van der Waals surface area contributed by atoms with E-state index >= 15 is 0 Å². The molecule has 1 amide bonds. The van der Waals surface area contributed by atoms with E-state index in [2.05, 4.69) is 5.32 Å². The van der Waals surface area contributed by atoms with Gasteiger partial charge in [-0.25, -0.2) is 4.79 Å². The normalized spacial score (nSPS) is 11.2. The number of nitrogens with one attached hydrogen (secondary N) is 1. The van der Waals surface area contributed by atoms with Gasteiger partial charge in [-0.05, 0) is 36.4 Å². The molecular weight excluding hydrogens is 370 g/mol. The van der Waals surface area contributed by atoms with Crippen molar-refractivity contribution in [1.29, 1.82) is 0 Å². The van der Waals surface area contributed by atoms with Crippen molar-refractivity contribution in [3.05, 3.63) is 90.0 Å². The Balaban J connectivity index is 1.83. The van der Waals surface area contributed by atoms with Gasteiger partial charge in [-0.1, -0.05) is 36.4 Å². The Kier molecular flexibility index (Phi) is 6.47. The standard InChI is InChI=1S/C23H21NO5/c1-27-20-10-6-9-18(15-20)24-22(25)21(16-7-4-3-5-8-16)29-19-13-11-17(12-14-19)23(26)28-2/h3-15,21H,1-2H3,(H,24,25)/t21-/m1/s1. The zero-order chi connectivity index (χ0) is 20.6. The molecule has 3 rings (SSSR count). The Morgan fingerprint density at radius 2 is 1.55 bits per heavy atom. The second-order valence-electron chi connectivity index (χ2n) is 6.15. The first-order valence-corrected chi connectivity index (χ1v) is 8.95. The molecule has 6 heteroatoms. The van der Waals surface area contributed by atoms with E-state index in [1.54, 1.807) is 55.6 Å². The van der Waals surface area contributed by atoms with Gasteiger partial charge in [-0.15, -0.1) is 0 Å². The highest BCUT2D eigenvalue weighted by Crippen LogP contribution is 2.25. The molecule has 0 bridgehead atoms. The first-order valence-electron chi connectivity index (χ1n) is 8.95. The summed E-state index contributed by atoms with van der Waals surface area (Å²) in [5, 5.41) is 2.86. The number of hydrogen-bond donors (Lipinski definition) is 1. The Hall–Kier alpha value is -3.80. The van der Waals surface area contributed by atoms with Gasteiger partial charge in [0.2, 0.25) is 6.10 Å². The first kappa shape index (κ1) is 19.9. The van der Waals surface area contributed by atoms with Gasteiger partial charge < -0.3 is 19.5 Å². The SMILES string of the molecule is COC(=O)c1ccc(O[C@@H](C(=O)Nc2cccc(OC)c2)c2ccccc2)cc1. The summed E-state index contributed by atoms with van der Waals surface area (Å²) in [6.07, 6.45) is -0.883. The zero-order valence-corrected chi connectivity index (χ0v) is 16.1. The van der Waals surface area contributed by atoms with Gasteiger partial charge in [-0.2, -0.15) is 0 Å². The van der Waals surface area contributed by atoms with Gasteiger partial charge in [0.25, 0.3) is 5.91 Å². The number of carbonyl (C=O) groups is 2. The van der Waals surface area contributed by atoms with Crippen LogP contribution in [0.2, 0.25) is 0 Å². The Labute approximate surface area is 169 Å². The van der Waals surface area contributed by atoms with Crippen molar-refractivity contribution in [3.8, 4) is 11.5 Å². The van der Waals surface area contributed by atoms with Crippen LogP contribution in [0.1, 0.15) is 22.0 Å². The Morgan fingerprint density at radius 3 is 2.21 bits per heavy atom. The van der Waals surface area contributed by atoms with Crippen LogP contribution in [-0.2, 0) is 9.53 Å². The van der Waals surface area contributed by atoms with Crippen LogP contribution in [0.15, 0.2) is 78.9 Å². The van der Waals surface area contributed by atoms with Crippen molar-refractivity contribution in [2.24, 2.45) is 0 Å². The van der Waals surface area contributed by atoms with Crippen molar-refractivity contribution in [1.82, 2.24) is 0 Å². The van der Waals surface area contributed by atoms with E-state index in [-0.39, 0.29) is 5.91 Å². The lowest BCUT2D eigenvalue weighted by Crippen LogP contribution is -2.25. The number of methoxy groups -OCH3 is 2. The van der Waals surface area contributed by atoms with Gasteiger partial charge in [-0.3, -0.25) is 4.79 Å². The number of amides is 1. The second-order valence-corrected chi connectivity index (χ2v) is 6.15. The second kappa shape index (κ2) is 9.41. The monoisotopic (exact) mass is 391 g/mol. The van der Waals surface area contributed by atoms with E-state index in [4.69, 9.17) is 14.2 Å². The molecule has 3 aromatic carbocycles. The van der Waals surface area contributed by atoms with Crippen molar-refractivity contribution >= 4 is 17.6 Å². The minimum Gasteiger partial charge on any atom is -0.497 e. The maximum absolute atomic E-state index is 13.0. The van der Waals surface area contributed by atoms with E-state index in [0.717, 1.165) is 0 Å². The third-order valence-electron chi connectivity index (χ3n) is 4.21. The van der Waals surface area contributed by atoms with E-state index in [1.807, 2.05) is 30.3 Å². The summed E-state index contributed by atoms with van der Waals surface area (Å²) >= 11 is 0. The fourth-order valence-corrected chi connectivity index (χ4v) is 2.73. The predicted octanol–water partition coefficient (Wildman–Crippen LogP) is 4.24. The molecule has 6 nitrogen and oxygen atoms in total. The topological polar surface area (TPSA) is 73.9 Å². The molecule has 0 aliphatic carbocycles. The summed E-state index contributed by atoms with van der Waals surface area (Å²) in [4.78, 5) is 24.6. The van der Waals surface area contributed by atoms with Crippen LogP contribution in [0.3, 0.4) is 0 Å². The van der Waals surface area contributed by atoms with E-state index in [0.29, 0.717) is 28.3 Å². The average molecular weight is 391 g/mol. The fraction of sp³-hybridized carbons (Fsp3) is 0.130. The molecule has 0 aliphatic rings. The third-order valence-corrected chi connectivity index (χ3v) is 4.21. The van der Waals surface area contributed by atoms with Gasteiger partial charge in [0, 0.05) is 17.3 Å². The van der Waals surface area contributed by atoms with E-state index in [9.17, 15) is 9.59 Å². The molecule has 0 fully saturated rings. The van der Waals surface area contributed by atoms with Crippen LogP contribution in [0.25, 0.3) is 0 Å². The quantitative estimate of drug-likeness (QED) is 0.610. The van der Waals surface area contributed by atoms with Gasteiger partial charge in [0.05, 0.1) is 19.8 Å². The van der Waals surface area contributed by atoms with Crippen LogP contribution in [-0.4, -0.2) is 26.1 Å². The molecule has 3 aromatic rings. The molecule has 0 unspecified atom stereocenters. The van der Waals surface area contributed by atoms with Crippen LogP contribution in [0.4, 0.5) is 5.69 Å². The van der Waals surface area contributed by atoms with Gasteiger partial charge in [0.15, 0.2) is 0 Å². The van der Waals surface area contributed by atoms with Crippen molar-refractivity contribution < 1.29 is 23.8 Å². The molecule has 0 aliphatic heterocycles. The highest BCUT2D eigenvalue weighted by Gasteiger charge is 2.23. The van der Waals surface area contributed by atoms with Crippen molar-refractivity contribution in [3.63, 3.8) is 0 Å². The molecular formula is C23H21NO5. The minimum atomic E-state index is -0.883. The highest BCUT2D eigenvalue weighted by molar-refractivity contribution is 5.95. The molecule has 148 valence electrons. The summed E-state index contributed by atoms with van der Waals surface area (Å²) in [5.41, 5.74) is 1.70. The van der Waals surface area contributed by atoms with Crippen LogP contribution in [0.5, 0.6) is 11.5 Å². The molecule has 1 atom stereocenters. The molecule has 0 aromatic heterocycles. The molecule has 0 saturated heterocycles. The lowest BCUT2D eigenvalue weighted by molar-refractivity contribution is -0.123. The third kappa shape index (κ3) is 5.13. The summed E-state index contributed by atoms with van der Waals surface area (Å²) in [5.74, 6) is 0.319. The lowest BCUT2D eigenvalue weighted by Gasteiger charge is -2.19. The summed E-state index contributed by atoms with van der Waals surface area (Å²) in [7, 11) is 2.88. The number of benzene rings is 3. The zero-order valence-electron chi connectivity index (χ0n) is 16.1. The highest BCUT2D eigenvalue weighted by atomic mass is 16.5.